The zero-order valence-electron chi connectivity index (χ0n) is 17.9. The molecule has 5 nitrogen and oxygen atoms in total. The zero-order chi connectivity index (χ0) is 24.1. The molecule has 33 heavy (non-hydrogen) atoms. The van der Waals surface area contributed by atoms with Gasteiger partial charge in [-0.05, 0) is 60.4 Å². The van der Waals surface area contributed by atoms with Gasteiger partial charge in [0, 0.05) is 18.8 Å². The van der Waals surface area contributed by atoms with Crippen LogP contribution in [0.15, 0.2) is 41.3 Å². The standard InChI is InChI=1S/C25H22Cl2O5S/c1-14-8-11-21(29)33-20(24(14)30)13-16-6-2-4-15(12-16)5-3-7-19(28)22-17(26)9-10-18(27)23(22)25(31)32/h2,4,6,9-10,12-14H,3,5,7-8,11H2,1H3,(H,31,32)/b20-13-. The number of allylic oxidation sites excluding steroid dienone is 1. The molecule has 1 aliphatic heterocycles. The van der Waals surface area contributed by atoms with Gasteiger partial charge in [0.1, 0.15) is 0 Å². The van der Waals surface area contributed by atoms with Gasteiger partial charge in [0.25, 0.3) is 0 Å². The second-order valence-corrected chi connectivity index (χ2v) is 9.81. The zero-order valence-corrected chi connectivity index (χ0v) is 20.2. The molecule has 1 saturated heterocycles. The van der Waals surface area contributed by atoms with E-state index in [0.29, 0.717) is 30.6 Å². The van der Waals surface area contributed by atoms with Gasteiger partial charge in [0.15, 0.2) is 16.7 Å². The van der Waals surface area contributed by atoms with Crippen molar-refractivity contribution < 1.29 is 24.3 Å². The van der Waals surface area contributed by atoms with Crippen LogP contribution in [0.5, 0.6) is 0 Å². The van der Waals surface area contributed by atoms with Crippen molar-refractivity contribution in [3.63, 3.8) is 0 Å². The van der Waals surface area contributed by atoms with Crippen molar-refractivity contribution in [2.45, 2.75) is 39.0 Å². The first kappa shape index (κ1) is 25.2. The van der Waals surface area contributed by atoms with Crippen molar-refractivity contribution >= 4 is 63.7 Å². The normalized spacial score (nSPS) is 17.8. The number of carboxylic acid groups (broad SMARTS) is 1. The molecule has 172 valence electrons. The van der Waals surface area contributed by atoms with Crippen LogP contribution in [0.25, 0.3) is 6.08 Å². The quantitative estimate of drug-likeness (QED) is 0.342. The highest BCUT2D eigenvalue weighted by Crippen LogP contribution is 2.32. The number of aryl methyl sites for hydroxylation is 1. The fraction of sp³-hybridized carbons (Fsp3) is 0.280. The molecule has 1 unspecified atom stereocenters. The van der Waals surface area contributed by atoms with Crippen molar-refractivity contribution in [1.82, 2.24) is 0 Å². The van der Waals surface area contributed by atoms with Crippen LogP contribution in [0.3, 0.4) is 0 Å². The molecule has 0 aromatic heterocycles. The van der Waals surface area contributed by atoms with Crippen molar-refractivity contribution in [2.24, 2.45) is 5.92 Å². The molecule has 1 fully saturated rings. The Morgan fingerprint density at radius 1 is 1.12 bits per heavy atom. The molecule has 3 rings (SSSR count). The van der Waals surface area contributed by atoms with E-state index in [-0.39, 0.29) is 50.2 Å². The van der Waals surface area contributed by atoms with Gasteiger partial charge in [-0.25, -0.2) is 4.79 Å². The lowest BCUT2D eigenvalue weighted by atomic mass is 9.97. The van der Waals surface area contributed by atoms with Crippen molar-refractivity contribution in [3.05, 3.63) is 73.6 Å². The number of carboxylic acids is 1. The van der Waals surface area contributed by atoms with Gasteiger partial charge >= 0.3 is 5.97 Å². The Morgan fingerprint density at radius 3 is 2.52 bits per heavy atom. The Balaban J connectivity index is 1.71. The molecular formula is C25H22Cl2O5S. The Morgan fingerprint density at radius 2 is 1.82 bits per heavy atom. The highest BCUT2D eigenvalue weighted by atomic mass is 35.5. The lowest BCUT2D eigenvalue weighted by Gasteiger charge is -2.10. The largest absolute Gasteiger partial charge is 0.478 e. The minimum Gasteiger partial charge on any atom is -0.478 e. The number of halogens is 2. The molecule has 8 heteroatoms. The van der Waals surface area contributed by atoms with Crippen LogP contribution >= 0.6 is 35.0 Å². The SMILES string of the molecule is CC1CCC(=O)S/C(=C\c2cccc(CCCC(=O)c3c(Cl)ccc(Cl)c3C(=O)O)c2)C1=O. The molecular weight excluding hydrogens is 483 g/mol. The number of ketones is 2. The maximum atomic E-state index is 12.7. The molecule has 0 aliphatic carbocycles. The van der Waals surface area contributed by atoms with E-state index in [4.69, 9.17) is 23.2 Å². The van der Waals surface area contributed by atoms with E-state index in [9.17, 15) is 24.3 Å². The molecule has 2 aromatic rings. The van der Waals surface area contributed by atoms with E-state index in [2.05, 4.69) is 0 Å². The van der Waals surface area contributed by atoms with E-state index >= 15 is 0 Å². The monoisotopic (exact) mass is 504 g/mol. The summed E-state index contributed by atoms with van der Waals surface area (Å²) in [5.74, 6) is -1.88. The fourth-order valence-electron chi connectivity index (χ4n) is 3.63. The van der Waals surface area contributed by atoms with E-state index in [1.165, 1.54) is 12.1 Å². The summed E-state index contributed by atoms with van der Waals surface area (Å²) < 4.78 is 0. The van der Waals surface area contributed by atoms with Crippen LogP contribution in [0, 0.1) is 5.92 Å². The third-order valence-corrected chi connectivity index (χ3v) is 7.01. The fourth-order valence-corrected chi connectivity index (χ4v) is 5.10. The molecule has 0 spiro atoms. The van der Waals surface area contributed by atoms with Crippen molar-refractivity contribution in [3.8, 4) is 0 Å². The molecule has 0 saturated carbocycles. The predicted octanol–water partition coefficient (Wildman–Crippen LogP) is 6.50. The number of rotatable bonds is 7. The van der Waals surface area contributed by atoms with Gasteiger partial charge in [0.05, 0.1) is 26.1 Å². The first-order valence-corrected chi connectivity index (χ1v) is 12.0. The third-order valence-electron chi connectivity index (χ3n) is 5.41. The Kier molecular flexibility index (Phi) is 8.51. The Bertz CT molecular complexity index is 1160. The first-order valence-electron chi connectivity index (χ1n) is 10.5. The van der Waals surface area contributed by atoms with Crippen LogP contribution in [0.1, 0.15) is 64.4 Å². The van der Waals surface area contributed by atoms with Gasteiger partial charge in [-0.3, -0.25) is 14.4 Å². The molecule has 1 N–H and O–H groups in total. The highest BCUT2D eigenvalue weighted by Gasteiger charge is 2.26. The van der Waals surface area contributed by atoms with Gasteiger partial charge < -0.3 is 5.11 Å². The summed E-state index contributed by atoms with van der Waals surface area (Å²) in [6, 6.07) is 10.3. The molecule has 0 radical (unpaired) electrons. The van der Waals surface area contributed by atoms with Crippen LogP contribution in [0.2, 0.25) is 10.0 Å². The van der Waals surface area contributed by atoms with Crippen LogP contribution in [-0.2, 0) is 16.0 Å². The number of Topliss-reactive ketones (excluding diaryl/α,β-unsaturated/α-hetero) is 2. The van der Waals surface area contributed by atoms with E-state index in [1.807, 2.05) is 31.2 Å². The second kappa shape index (κ2) is 11.1. The number of aromatic carboxylic acids is 1. The molecule has 0 amide bonds. The molecule has 1 aliphatic rings. The molecule has 2 aromatic carbocycles. The summed E-state index contributed by atoms with van der Waals surface area (Å²) in [4.78, 5) is 49.2. The molecule has 1 heterocycles. The van der Waals surface area contributed by atoms with Gasteiger partial charge in [-0.15, -0.1) is 0 Å². The average molecular weight is 505 g/mol. The summed E-state index contributed by atoms with van der Waals surface area (Å²) >= 11 is 13.1. The maximum Gasteiger partial charge on any atom is 0.338 e. The number of carbonyl (C=O) groups is 4. The number of benzene rings is 2. The minimum atomic E-state index is -1.30. The summed E-state index contributed by atoms with van der Waals surface area (Å²) in [7, 11) is 0. The summed E-state index contributed by atoms with van der Waals surface area (Å²) in [6.07, 6.45) is 3.85. The summed E-state index contributed by atoms with van der Waals surface area (Å²) in [5, 5.41) is 9.43. The topological polar surface area (TPSA) is 88.5 Å². The third kappa shape index (κ3) is 6.34. The molecule has 0 bridgehead atoms. The van der Waals surface area contributed by atoms with Crippen molar-refractivity contribution in [2.75, 3.05) is 0 Å². The summed E-state index contributed by atoms with van der Waals surface area (Å²) in [5.41, 5.74) is 1.41. The van der Waals surface area contributed by atoms with E-state index < -0.39 is 5.97 Å². The van der Waals surface area contributed by atoms with Gasteiger partial charge in [-0.2, -0.15) is 0 Å². The number of thioether (sulfide) groups is 1. The summed E-state index contributed by atoms with van der Waals surface area (Å²) in [6.45, 7) is 1.84. The number of carbonyl (C=O) groups excluding carboxylic acids is 3. The lowest BCUT2D eigenvalue weighted by molar-refractivity contribution is -0.118. The second-order valence-electron chi connectivity index (χ2n) is 7.89. The van der Waals surface area contributed by atoms with E-state index in [0.717, 1.165) is 22.9 Å². The number of hydrogen-bond donors (Lipinski definition) is 1. The van der Waals surface area contributed by atoms with Crippen LogP contribution in [0.4, 0.5) is 0 Å². The smallest absolute Gasteiger partial charge is 0.338 e. The molecule has 1 atom stereocenters. The van der Waals surface area contributed by atoms with Gasteiger partial charge in [0.2, 0.25) is 0 Å². The first-order chi connectivity index (χ1) is 15.7. The Hall–Kier alpha value is -2.41. The van der Waals surface area contributed by atoms with Crippen LogP contribution in [-0.4, -0.2) is 27.8 Å². The Labute approximate surface area is 206 Å². The average Bonchev–Trinajstić information content (AvgIpc) is 2.88. The van der Waals surface area contributed by atoms with Crippen LogP contribution < -0.4 is 0 Å². The lowest BCUT2D eigenvalue weighted by Crippen LogP contribution is -2.10. The van der Waals surface area contributed by atoms with E-state index in [1.54, 1.807) is 6.08 Å². The number of hydrogen-bond acceptors (Lipinski definition) is 5. The highest BCUT2D eigenvalue weighted by molar-refractivity contribution is 8.17. The predicted molar refractivity (Wildman–Crippen MR) is 131 cm³/mol. The van der Waals surface area contributed by atoms with Gasteiger partial charge in [-0.1, -0.05) is 54.4 Å². The van der Waals surface area contributed by atoms with Crippen molar-refractivity contribution in [1.29, 1.82) is 0 Å². The maximum absolute atomic E-state index is 12.7. The minimum absolute atomic E-state index is 0.00553.